The lowest BCUT2D eigenvalue weighted by Crippen LogP contribution is -2.05. The van der Waals surface area contributed by atoms with Crippen LogP contribution in [0.3, 0.4) is 0 Å². The predicted octanol–water partition coefficient (Wildman–Crippen LogP) is 4.87. The SMILES string of the molecule is CCc1ccc(CC)c(C(=O)c2csc(Br)c2)c1. The second kappa shape index (κ2) is 5.81. The minimum Gasteiger partial charge on any atom is -0.289 e. The summed E-state index contributed by atoms with van der Waals surface area (Å²) in [4.78, 5) is 12.5. The van der Waals surface area contributed by atoms with Gasteiger partial charge in [-0.3, -0.25) is 4.79 Å². The molecule has 0 saturated heterocycles. The van der Waals surface area contributed by atoms with Crippen molar-refractivity contribution in [3.63, 3.8) is 0 Å². The normalized spacial score (nSPS) is 10.6. The molecule has 0 N–H and O–H groups in total. The molecule has 0 radical (unpaired) electrons. The number of carbonyl (C=O) groups excluding carboxylic acids is 1. The molecule has 0 aliphatic carbocycles. The summed E-state index contributed by atoms with van der Waals surface area (Å²) in [5, 5.41) is 1.91. The lowest BCUT2D eigenvalue weighted by Gasteiger charge is -2.08. The Kier molecular flexibility index (Phi) is 4.36. The van der Waals surface area contributed by atoms with Crippen molar-refractivity contribution in [1.29, 1.82) is 0 Å². The highest BCUT2D eigenvalue weighted by Gasteiger charge is 2.14. The largest absolute Gasteiger partial charge is 0.289 e. The Bertz CT molecular complexity index is 572. The van der Waals surface area contributed by atoms with Crippen LogP contribution in [0.2, 0.25) is 0 Å². The van der Waals surface area contributed by atoms with Crippen LogP contribution in [0, 0.1) is 0 Å². The summed E-state index contributed by atoms with van der Waals surface area (Å²) in [6.07, 6.45) is 1.84. The summed E-state index contributed by atoms with van der Waals surface area (Å²) in [6.45, 7) is 4.19. The lowest BCUT2D eigenvalue weighted by molar-refractivity contribution is 0.103. The Morgan fingerprint density at radius 1 is 1.22 bits per heavy atom. The quantitative estimate of drug-likeness (QED) is 0.734. The number of hydrogen-bond donors (Lipinski definition) is 0. The average molecular weight is 323 g/mol. The van der Waals surface area contributed by atoms with E-state index in [4.69, 9.17) is 0 Å². The highest BCUT2D eigenvalue weighted by atomic mass is 79.9. The van der Waals surface area contributed by atoms with E-state index in [0.29, 0.717) is 0 Å². The van der Waals surface area contributed by atoms with Crippen molar-refractivity contribution in [3.8, 4) is 0 Å². The minimum absolute atomic E-state index is 0.129. The van der Waals surface area contributed by atoms with Crippen molar-refractivity contribution in [3.05, 3.63) is 55.7 Å². The molecule has 1 aromatic carbocycles. The fourth-order valence-corrected chi connectivity index (χ4v) is 3.08. The molecule has 0 fully saturated rings. The highest BCUT2D eigenvalue weighted by Crippen LogP contribution is 2.24. The number of halogens is 1. The van der Waals surface area contributed by atoms with Gasteiger partial charge in [0.05, 0.1) is 3.79 Å². The predicted molar refractivity (Wildman–Crippen MR) is 80.6 cm³/mol. The van der Waals surface area contributed by atoms with Crippen molar-refractivity contribution >= 4 is 33.0 Å². The van der Waals surface area contributed by atoms with E-state index in [1.54, 1.807) is 11.3 Å². The molecule has 0 bridgehead atoms. The molecule has 1 nitrogen and oxygen atoms in total. The highest BCUT2D eigenvalue weighted by molar-refractivity contribution is 9.11. The van der Waals surface area contributed by atoms with Crippen LogP contribution in [-0.4, -0.2) is 5.78 Å². The van der Waals surface area contributed by atoms with Crippen molar-refractivity contribution in [2.75, 3.05) is 0 Å². The van der Waals surface area contributed by atoms with E-state index in [0.717, 1.165) is 33.3 Å². The molecule has 1 aromatic heterocycles. The van der Waals surface area contributed by atoms with E-state index >= 15 is 0 Å². The standard InChI is InChI=1S/C15H15BrOS/c1-3-10-5-6-11(4-2)13(7-10)15(17)12-8-14(16)18-9-12/h5-9H,3-4H2,1-2H3. The molecular weight excluding hydrogens is 308 g/mol. The molecule has 2 aromatic rings. The van der Waals surface area contributed by atoms with Crippen LogP contribution in [0.4, 0.5) is 0 Å². The summed E-state index contributed by atoms with van der Waals surface area (Å²) in [5.41, 5.74) is 3.96. The fraction of sp³-hybridized carbons (Fsp3) is 0.267. The molecule has 18 heavy (non-hydrogen) atoms. The van der Waals surface area contributed by atoms with Gasteiger partial charge in [-0.1, -0.05) is 26.0 Å². The van der Waals surface area contributed by atoms with Crippen LogP contribution in [0.1, 0.15) is 40.9 Å². The third-order valence-corrected chi connectivity index (χ3v) is 4.54. The first kappa shape index (κ1) is 13.5. The van der Waals surface area contributed by atoms with Gasteiger partial charge in [0.25, 0.3) is 0 Å². The van der Waals surface area contributed by atoms with Crippen LogP contribution >= 0.6 is 27.3 Å². The zero-order valence-electron chi connectivity index (χ0n) is 10.5. The molecule has 0 amide bonds. The molecule has 94 valence electrons. The van der Waals surface area contributed by atoms with Gasteiger partial charge in [-0.15, -0.1) is 11.3 Å². The molecule has 1 heterocycles. The summed E-state index contributed by atoms with van der Waals surface area (Å²) >= 11 is 4.95. The second-order valence-electron chi connectivity index (χ2n) is 4.17. The summed E-state index contributed by atoms with van der Waals surface area (Å²) in [7, 11) is 0. The van der Waals surface area contributed by atoms with E-state index in [-0.39, 0.29) is 5.78 Å². The molecule has 0 aliphatic heterocycles. The molecule has 0 aliphatic rings. The first-order chi connectivity index (χ1) is 8.65. The molecule has 0 atom stereocenters. The third kappa shape index (κ3) is 2.73. The Balaban J connectivity index is 2.45. The topological polar surface area (TPSA) is 17.1 Å². The van der Waals surface area contributed by atoms with E-state index in [2.05, 4.69) is 41.9 Å². The first-order valence-corrected chi connectivity index (χ1v) is 7.73. The van der Waals surface area contributed by atoms with Crippen LogP contribution in [0.25, 0.3) is 0 Å². The van der Waals surface area contributed by atoms with Crippen molar-refractivity contribution < 1.29 is 4.79 Å². The van der Waals surface area contributed by atoms with Crippen molar-refractivity contribution in [2.24, 2.45) is 0 Å². The second-order valence-corrected chi connectivity index (χ2v) is 6.46. The molecular formula is C15H15BrOS. The summed E-state index contributed by atoms with van der Waals surface area (Å²) < 4.78 is 0.996. The van der Waals surface area contributed by atoms with Gasteiger partial charge in [0.1, 0.15) is 0 Å². The summed E-state index contributed by atoms with van der Waals surface area (Å²) in [6, 6.07) is 8.12. The van der Waals surface area contributed by atoms with Gasteiger partial charge in [0.15, 0.2) is 5.78 Å². The number of ketones is 1. The lowest BCUT2D eigenvalue weighted by atomic mass is 9.95. The molecule has 2 rings (SSSR count). The van der Waals surface area contributed by atoms with E-state index in [1.807, 2.05) is 17.5 Å². The maximum atomic E-state index is 12.5. The Labute approximate surface area is 120 Å². The van der Waals surface area contributed by atoms with Gasteiger partial charge < -0.3 is 0 Å². The molecule has 0 spiro atoms. The number of hydrogen-bond acceptors (Lipinski definition) is 2. The molecule has 0 unspecified atom stereocenters. The number of aryl methyl sites for hydroxylation is 2. The van der Waals surface area contributed by atoms with Crippen LogP contribution in [-0.2, 0) is 12.8 Å². The summed E-state index contributed by atoms with van der Waals surface area (Å²) in [5.74, 6) is 0.129. The number of carbonyl (C=O) groups is 1. The number of thiophene rings is 1. The van der Waals surface area contributed by atoms with Crippen LogP contribution < -0.4 is 0 Å². The fourth-order valence-electron chi connectivity index (χ4n) is 1.95. The van der Waals surface area contributed by atoms with Gasteiger partial charge in [-0.25, -0.2) is 0 Å². The average Bonchev–Trinajstić information content (AvgIpc) is 2.83. The first-order valence-electron chi connectivity index (χ1n) is 6.06. The zero-order valence-corrected chi connectivity index (χ0v) is 12.9. The van der Waals surface area contributed by atoms with E-state index in [1.165, 1.54) is 5.56 Å². The van der Waals surface area contributed by atoms with Gasteiger partial charge in [-0.05, 0) is 52.0 Å². The van der Waals surface area contributed by atoms with Crippen LogP contribution in [0.15, 0.2) is 33.4 Å². The third-order valence-electron chi connectivity index (χ3n) is 3.04. The van der Waals surface area contributed by atoms with Crippen molar-refractivity contribution in [1.82, 2.24) is 0 Å². The monoisotopic (exact) mass is 322 g/mol. The maximum absolute atomic E-state index is 12.5. The Morgan fingerprint density at radius 3 is 2.56 bits per heavy atom. The number of benzene rings is 1. The number of rotatable bonds is 4. The molecule has 0 saturated carbocycles. The van der Waals surface area contributed by atoms with Gasteiger partial charge in [0.2, 0.25) is 0 Å². The Hall–Kier alpha value is -0.930. The van der Waals surface area contributed by atoms with Gasteiger partial charge >= 0.3 is 0 Å². The van der Waals surface area contributed by atoms with Crippen LogP contribution in [0.5, 0.6) is 0 Å². The maximum Gasteiger partial charge on any atom is 0.194 e. The van der Waals surface area contributed by atoms with Gasteiger partial charge in [0, 0.05) is 16.5 Å². The smallest absolute Gasteiger partial charge is 0.194 e. The molecule has 3 heteroatoms. The van der Waals surface area contributed by atoms with Crippen molar-refractivity contribution in [2.45, 2.75) is 26.7 Å². The minimum atomic E-state index is 0.129. The van der Waals surface area contributed by atoms with Gasteiger partial charge in [-0.2, -0.15) is 0 Å². The Morgan fingerprint density at radius 2 is 2.00 bits per heavy atom. The van der Waals surface area contributed by atoms with E-state index < -0.39 is 0 Å². The zero-order chi connectivity index (χ0) is 13.1. The van der Waals surface area contributed by atoms with E-state index in [9.17, 15) is 4.79 Å².